The Labute approximate surface area is 449 Å². The average molecular weight is 1120 g/mol. The zero-order chi connectivity index (χ0) is 53.7. The summed E-state index contributed by atoms with van der Waals surface area (Å²) < 4.78 is 75.2. The van der Waals surface area contributed by atoms with Gasteiger partial charge >= 0.3 is 13.8 Å². The second-order valence-electron chi connectivity index (χ2n) is 19.4. The number of piperazine rings is 1. The first-order valence-corrected chi connectivity index (χ1v) is 31.1. The van der Waals surface area contributed by atoms with Gasteiger partial charge in [-0.15, -0.1) is 11.8 Å². The van der Waals surface area contributed by atoms with E-state index in [-0.39, 0.29) is 40.0 Å². The zero-order valence-corrected chi connectivity index (χ0v) is 46.4. The van der Waals surface area contributed by atoms with Gasteiger partial charge in [-0.2, -0.15) is 0 Å². The summed E-state index contributed by atoms with van der Waals surface area (Å²) in [6.07, 6.45) is 3.15. The van der Waals surface area contributed by atoms with Crippen LogP contribution in [0.3, 0.4) is 0 Å². The summed E-state index contributed by atoms with van der Waals surface area (Å²) in [4.78, 5) is 38.6. The number of sulfonamides is 1. The fraction of sp³-hybridized carbons (Fsp3) is 0.352. The van der Waals surface area contributed by atoms with Crippen molar-refractivity contribution in [3.8, 4) is 22.4 Å². The Hall–Kier alpha value is -5.34. The van der Waals surface area contributed by atoms with Gasteiger partial charge in [0.15, 0.2) is 9.84 Å². The van der Waals surface area contributed by atoms with Gasteiger partial charge in [-0.25, -0.2) is 26.2 Å². The van der Waals surface area contributed by atoms with E-state index in [1.54, 1.807) is 23.9 Å². The molecule has 0 unspecified atom stereocenters. The molecule has 0 saturated carbocycles. The Kier molecular flexibility index (Phi) is 17.8. The van der Waals surface area contributed by atoms with E-state index in [2.05, 4.69) is 35.4 Å². The van der Waals surface area contributed by atoms with E-state index in [1.807, 2.05) is 106 Å². The van der Waals surface area contributed by atoms with Gasteiger partial charge in [-0.05, 0) is 149 Å². The number of thioether (sulfide) groups is 1. The molecule has 0 bridgehead atoms. The van der Waals surface area contributed by atoms with Crippen LogP contribution in [0.15, 0.2) is 136 Å². The molecule has 2 fully saturated rings. The molecule has 75 heavy (non-hydrogen) atoms. The van der Waals surface area contributed by atoms with E-state index in [1.165, 1.54) is 18.2 Å². The van der Waals surface area contributed by atoms with E-state index < -0.39 is 33.7 Å². The number of anilines is 4. The first-order valence-electron chi connectivity index (χ1n) is 24.8. The second kappa shape index (κ2) is 23.9. The Morgan fingerprint density at radius 3 is 2.08 bits per heavy atom. The number of carboxylic acids is 1. The van der Waals surface area contributed by atoms with Crippen LogP contribution in [0.2, 0.25) is 5.02 Å². The average Bonchev–Trinajstić information content (AvgIpc) is 3.70. The third-order valence-electron chi connectivity index (χ3n) is 13.8. The maximum absolute atomic E-state index is 13.9. The fourth-order valence-corrected chi connectivity index (χ4v) is 13.5. The minimum Gasteiger partial charge on any atom is -0.478 e. The van der Waals surface area contributed by atoms with Crippen LogP contribution < -0.4 is 19.8 Å². The number of hydrogen-bond acceptors (Lipinski definition) is 12. The molecule has 5 aromatic carbocycles. The summed E-state index contributed by atoms with van der Waals surface area (Å²) in [6, 6.07) is 36.3. The number of benzene rings is 5. The number of halogens is 1. The van der Waals surface area contributed by atoms with Crippen molar-refractivity contribution < 1.29 is 45.6 Å². The van der Waals surface area contributed by atoms with Crippen LogP contribution in [0.5, 0.6) is 0 Å². The Balaban J connectivity index is 0.923. The second-order valence-corrected chi connectivity index (χ2v) is 25.8. The van der Waals surface area contributed by atoms with Crippen molar-refractivity contribution in [2.24, 2.45) is 5.92 Å². The van der Waals surface area contributed by atoms with Crippen LogP contribution in [0.25, 0.3) is 22.4 Å². The van der Waals surface area contributed by atoms with Crippen LogP contribution in [0, 0.1) is 12.8 Å². The molecule has 8 rings (SSSR count). The molecule has 21 heteroatoms. The number of hydrogen-bond donors (Lipinski definition) is 5. The standard InChI is InChI=1S/C54H64ClN6O10PS3/c1-37(2)61-38(3)51(54(62)63)52(53(61)40-13-15-42(55)16-14-40)41-9-8-10-46(33-41)60-31-29-59(30-32-60)45-19-17-43(18-20-45)57-75(69,70)48-21-22-49(50(34-48)74(4,67)68)56-44(36-73-47-11-6-5-7-12-47)25-28-58-26-23-39(24-27-58)35-71-72(64,65)66/h5-22,33-34,37,39,44,56-57H,23-32,35-36H2,1-4H3,(H,62,63)(H2,64,65,66)/t44-/m1/s1. The number of rotatable bonds is 21. The van der Waals surface area contributed by atoms with E-state index in [9.17, 15) is 31.3 Å². The molecule has 6 aromatic rings. The smallest absolute Gasteiger partial charge is 0.469 e. The van der Waals surface area contributed by atoms with E-state index >= 15 is 0 Å². The lowest BCUT2D eigenvalue weighted by Crippen LogP contribution is -2.46. The van der Waals surface area contributed by atoms with Crippen molar-refractivity contribution in [3.05, 3.63) is 138 Å². The Morgan fingerprint density at radius 1 is 0.813 bits per heavy atom. The molecule has 2 aliphatic heterocycles. The molecule has 1 atom stereocenters. The van der Waals surface area contributed by atoms with Gasteiger partial charge in [-0.3, -0.25) is 9.25 Å². The minimum atomic E-state index is -4.54. The van der Waals surface area contributed by atoms with Gasteiger partial charge in [0.1, 0.15) is 0 Å². The van der Waals surface area contributed by atoms with E-state index in [4.69, 9.17) is 25.9 Å². The molecule has 5 N–H and O–H groups in total. The normalized spacial score (nSPS) is 15.6. The third-order valence-corrected chi connectivity index (χ3v) is 18.2. The number of aromatic carboxylic acids is 1. The van der Waals surface area contributed by atoms with Crippen LogP contribution in [-0.4, -0.2) is 118 Å². The van der Waals surface area contributed by atoms with E-state index in [0.717, 1.165) is 65.3 Å². The van der Waals surface area contributed by atoms with Gasteiger partial charge < -0.3 is 39.5 Å². The molecule has 16 nitrogen and oxygen atoms in total. The fourth-order valence-electron chi connectivity index (χ4n) is 9.97. The third kappa shape index (κ3) is 14.2. The molecule has 0 radical (unpaired) electrons. The predicted octanol–water partition coefficient (Wildman–Crippen LogP) is 10.4. The van der Waals surface area contributed by atoms with Crippen LogP contribution in [-0.2, 0) is 28.9 Å². The molecular weight excluding hydrogens is 1060 g/mol. The number of phosphoric acid groups is 1. The van der Waals surface area contributed by atoms with Crippen molar-refractivity contribution in [1.29, 1.82) is 0 Å². The SMILES string of the molecule is Cc1c(C(=O)O)c(-c2cccc(N3CCN(c4ccc(NS(=O)(=O)c5ccc(N[C@H](CCN6CCC(COP(=O)(O)O)CC6)CSc6ccccc6)c(S(C)(=O)=O)c5)cc4)CC3)c2)c(-c2ccc(Cl)cc2)n1C(C)C. The van der Waals surface area contributed by atoms with Crippen molar-refractivity contribution in [2.75, 3.05) is 84.3 Å². The largest absolute Gasteiger partial charge is 0.478 e. The summed E-state index contributed by atoms with van der Waals surface area (Å²) in [6.45, 7) is 10.8. The van der Waals surface area contributed by atoms with Gasteiger partial charge in [0.05, 0.1) is 33.3 Å². The molecule has 0 aliphatic carbocycles. The number of nitrogens with zero attached hydrogens (tertiary/aromatic N) is 4. The number of aromatic nitrogens is 1. The topological polar surface area (TPSA) is 211 Å². The summed E-state index contributed by atoms with van der Waals surface area (Å²) in [7, 11) is -12.7. The summed E-state index contributed by atoms with van der Waals surface area (Å²) in [5.41, 5.74) is 6.58. The number of piperidine rings is 1. The highest BCUT2D eigenvalue weighted by Crippen LogP contribution is 2.43. The lowest BCUT2D eigenvalue weighted by molar-refractivity contribution is 0.0696. The van der Waals surface area contributed by atoms with Gasteiger partial charge in [-0.1, -0.05) is 54.1 Å². The molecule has 2 aliphatic rings. The Bertz CT molecular complexity index is 3230. The molecule has 0 spiro atoms. The summed E-state index contributed by atoms with van der Waals surface area (Å²) >= 11 is 7.90. The quantitative estimate of drug-likeness (QED) is 0.0335. The first-order chi connectivity index (χ1) is 35.6. The highest BCUT2D eigenvalue weighted by atomic mass is 35.5. The number of carbonyl (C=O) groups is 1. The van der Waals surface area contributed by atoms with Crippen molar-refractivity contribution in [1.82, 2.24) is 9.47 Å². The van der Waals surface area contributed by atoms with Gasteiger partial charge in [0, 0.05) is 95.1 Å². The number of carboxylic acid groups (broad SMARTS) is 1. The lowest BCUT2D eigenvalue weighted by Gasteiger charge is -2.37. The van der Waals surface area contributed by atoms with Crippen molar-refractivity contribution in [3.63, 3.8) is 0 Å². The van der Waals surface area contributed by atoms with E-state index in [0.29, 0.717) is 72.6 Å². The number of sulfone groups is 1. The molecular formula is C54H64ClN6O10PS3. The predicted molar refractivity (Wildman–Crippen MR) is 300 cm³/mol. The van der Waals surface area contributed by atoms with Gasteiger partial charge in [0.25, 0.3) is 10.0 Å². The molecule has 0 amide bonds. The highest BCUT2D eigenvalue weighted by molar-refractivity contribution is 7.99. The zero-order valence-electron chi connectivity index (χ0n) is 42.3. The monoisotopic (exact) mass is 1120 g/mol. The number of phosphoric ester groups is 1. The summed E-state index contributed by atoms with van der Waals surface area (Å²) in [5, 5.41) is 14.6. The number of likely N-dealkylation sites (tertiary alicyclic amines) is 1. The molecule has 3 heterocycles. The maximum atomic E-state index is 13.9. The maximum Gasteiger partial charge on any atom is 0.469 e. The lowest BCUT2D eigenvalue weighted by atomic mass is 9.96. The van der Waals surface area contributed by atoms with Crippen LogP contribution >= 0.6 is 31.2 Å². The number of nitrogens with one attached hydrogen (secondary N) is 2. The minimum absolute atomic E-state index is 0.000759. The molecule has 400 valence electrons. The molecule has 1 aromatic heterocycles. The van der Waals surface area contributed by atoms with Crippen LogP contribution in [0.1, 0.15) is 55.2 Å². The van der Waals surface area contributed by atoms with Crippen molar-refractivity contribution >= 4 is 79.8 Å². The molecule has 2 saturated heterocycles. The van der Waals surface area contributed by atoms with Crippen LogP contribution in [0.4, 0.5) is 22.7 Å². The summed E-state index contributed by atoms with van der Waals surface area (Å²) in [5.74, 6) is -0.355. The highest BCUT2D eigenvalue weighted by Gasteiger charge is 2.30. The van der Waals surface area contributed by atoms with Crippen molar-refractivity contribution in [2.45, 2.75) is 66.8 Å². The first kappa shape index (κ1) is 55.9. The van der Waals surface area contributed by atoms with Gasteiger partial charge in [0.2, 0.25) is 0 Å². The Morgan fingerprint density at radius 2 is 1.47 bits per heavy atom.